The van der Waals surface area contributed by atoms with Crippen LogP contribution in [0, 0.1) is 5.95 Å². The van der Waals surface area contributed by atoms with E-state index in [2.05, 4.69) is 96.7 Å². The number of rotatable bonds is 16. The number of hydrogen-bond acceptors (Lipinski definition) is 22. The highest BCUT2D eigenvalue weighted by molar-refractivity contribution is 5.90. The van der Waals surface area contributed by atoms with Crippen LogP contribution in [0.5, 0.6) is 0 Å². The molecule has 3 aromatic carbocycles. The number of aliphatic hydroxyl groups is 3. The third-order valence-electron chi connectivity index (χ3n) is 17.1. The van der Waals surface area contributed by atoms with E-state index in [9.17, 15) is 43.7 Å². The minimum atomic E-state index is -1.26. The number of fused-ring (bicyclic) bond motifs is 3. The highest BCUT2D eigenvalue weighted by Gasteiger charge is 2.30. The Labute approximate surface area is 554 Å². The van der Waals surface area contributed by atoms with Gasteiger partial charge >= 0.3 is 28.8 Å². The molecule has 5 N–H and O–H groups in total. The predicted octanol–water partition coefficient (Wildman–Crippen LogP) is 8.54. The summed E-state index contributed by atoms with van der Waals surface area (Å²) >= 11 is 0. The number of aliphatic hydroxyl groups excluding tert-OH is 3. The van der Waals surface area contributed by atoms with Crippen molar-refractivity contribution < 1.29 is 52.8 Å². The number of nitrogens with zero attached hydrogens (tertiary/aromatic N) is 11. The third-order valence-corrected chi connectivity index (χ3v) is 17.1. The van der Waals surface area contributed by atoms with E-state index in [0.717, 1.165) is 84.5 Å². The Hall–Kier alpha value is -9.50. The number of pyridine rings is 3. The quantitative estimate of drug-likeness (QED) is 0.0447. The Morgan fingerprint density at radius 1 is 0.510 bits per heavy atom. The molecule has 6 aromatic heterocycles. The Morgan fingerprint density at radius 3 is 1.14 bits per heavy atom. The number of carboxylic acids is 2. The van der Waals surface area contributed by atoms with Crippen LogP contribution in [0.2, 0.25) is 0 Å². The summed E-state index contributed by atoms with van der Waals surface area (Å²) in [6.45, 7) is 8.97. The molecule has 25 heteroatoms. The predicted molar refractivity (Wildman–Crippen MR) is 365 cm³/mol. The van der Waals surface area contributed by atoms with Crippen LogP contribution in [0.15, 0.2) is 131 Å². The van der Waals surface area contributed by atoms with Gasteiger partial charge in [0, 0.05) is 75.0 Å². The van der Waals surface area contributed by atoms with Crippen molar-refractivity contribution in [2.45, 2.75) is 117 Å². The van der Waals surface area contributed by atoms with Crippen LogP contribution in [-0.4, -0.2) is 169 Å². The standard InChI is InChI=1S/2C22H26N4O3.C16H13FN2O3.C7H15N.C4H4O4/c2*1-4-15-10-14(13-27)11-18-19(15)22(28)29-21(24-18)17-6-5-8-23-20(17)26-9-7-16(12-26)25(2)3;1-2-10-6-9(8-20)7-12-13(10)16(21)22-15(19-12)11-4-3-5-18-14(11)17;1-8(2)7-5-3-4-6-7;5-3(6)1-2-4(7)8/h2*5-6,8,10-11,16,27H,4,7,9,12-13H2,1-3H3;3-7,20H,2,8H2,1H3;7H,3-6H2,1-2H3;1-2H,(H,5,6)(H,7,8)/b;;;;2-1-/t2*16-;;;/m00.../s1. The summed E-state index contributed by atoms with van der Waals surface area (Å²) in [5.41, 5.74) is 6.01. The molecule has 0 radical (unpaired) electrons. The largest absolute Gasteiger partial charge is 0.478 e. The zero-order valence-corrected chi connectivity index (χ0v) is 55.7. The van der Waals surface area contributed by atoms with E-state index < -0.39 is 34.8 Å². The summed E-state index contributed by atoms with van der Waals surface area (Å²) in [6, 6.07) is 22.7. The third kappa shape index (κ3) is 17.9. The zero-order chi connectivity index (χ0) is 69.3. The maximum absolute atomic E-state index is 13.7. The topological polar surface area (TPSA) is 319 Å². The Balaban J connectivity index is 0.000000166. The van der Waals surface area contributed by atoms with Crippen LogP contribution >= 0.6 is 0 Å². The first kappa shape index (κ1) is 72.3. The number of carbonyl (C=O) groups is 2. The smallest absolute Gasteiger partial charge is 0.347 e. The van der Waals surface area contributed by atoms with Crippen molar-refractivity contribution in [3.05, 3.63) is 174 Å². The molecule has 0 unspecified atom stereocenters. The van der Waals surface area contributed by atoms with Gasteiger partial charge in [-0.1, -0.05) is 51.8 Å². The van der Waals surface area contributed by atoms with Crippen LogP contribution in [0.1, 0.15) is 92.7 Å². The van der Waals surface area contributed by atoms with E-state index in [-0.39, 0.29) is 43.1 Å². The molecule has 9 aromatic rings. The van der Waals surface area contributed by atoms with Gasteiger partial charge in [-0.3, -0.25) is 0 Å². The molecule has 2 saturated heterocycles. The minimum absolute atomic E-state index is 0.0222. The Bertz CT molecular complexity index is 4210. The van der Waals surface area contributed by atoms with E-state index in [1.807, 2.05) is 57.2 Å². The van der Waals surface area contributed by atoms with Gasteiger partial charge < -0.3 is 63.3 Å². The number of hydrogen-bond donors (Lipinski definition) is 5. The van der Waals surface area contributed by atoms with Crippen LogP contribution in [0.3, 0.4) is 0 Å². The van der Waals surface area contributed by atoms with Crippen molar-refractivity contribution in [1.82, 2.24) is 44.6 Å². The number of aliphatic carboxylic acids is 2. The van der Waals surface area contributed by atoms with E-state index >= 15 is 0 Å². The van der Waals surface area contributed by atoms with Crippen molar-refractivity contribution in [3.63, 3.8) is 0 Å². The maximum Gasteiger partial charge on any atom is 0.347 e. The monoisotopic (exact) mass is 1320 g/mol. The lowest BCUT2D eigenvalue weighted by Crippen LogP contribution is -2.31. The average molecular weight is 1320 g/mol. The number of likely N-dealkylation sites (N-methyl/N-ethyl adjacent to an activating group) is 2. The number of aromatic nitrogens is 6. The molecule has 3 aliphatic rings. The fraction of sp³-hybridized carbons (Fsp3) is 0.394. The van der Waals surface area contributed by atoms with E-state index in [1.165, 1.54) is 44.0 Å². The lowest BCUT2D eigenvalue weighted by Gasteiger charge is -2.22. The maximum atomic E-state index is 13.7. The molecule has 2 atom stereocenters. The summed E-state index contributed by atoms with van der Waals surface area (Å²) in [4.78, 5) is 94.4. The van der Waals surface area contributed by atoms with Crippen LogP contribution < -0.4 is 26.7 Å². The molecular formula is C71H84FN11O13. The van der Waals surface area contributed by atoms with Gasteiger partial charge in [0.05, 0.1) is 69.2 Å². The van der Waals surface area contributed by atoms with Gasteiger partial charge in [-0.2, -0.15) is 4.39 Å². The van der Waals surface area contributed by atoms with Gasteiger partial charge in [0.25, 0.3) is 0 Å². The first-order valence-electron chi connectivity index (χ1n) is 32.0. The van der Waals surface area contributed by atoms with Gasteiger partial charge in [-0.25, -0.2) is 53.9 Å². The molecule has 12 rings (SSSR count). The summed E-state index contributed by atoms with van der Waals surface area (Å²) in [5.74, 6) is -1.32. The number of benzene rings is 3. The lowest BCUT2D eigenvalue weighted by atomic mass is 10.0. The van der Waals surface area contributed by atoms with E-state index in [4.69, 9.17) is 23.5 Å². The highest BCUT2D eigenvalue weighted by atomic mass is 19.1. The highest BCUT2D eigenvalue weighted by Crippen LogP contribution is 2.34. The minimum Gasteiger partial charge on any atom is -0.478 e. The van der Waals surface area contributed by atoms with Gasteiger partial charge in [0.15, 0.2) is 0 Å². The fourth-order valence-corrected chi connectivity index (χ4v) is 11.9. The van der Waals surface area contributed by atoms with Gasteiger partial charge in [-0.05, 0) is 175 Å². The lowest BCUT2D eigenvalue weighted by molar-refractivity contribution is -0.134. The zero-order valence-electron chi connectivity index (χ0n) is 55.7. The fourth-order valence-electron chi connectivity index (χ4n) is 11.9. The van der Waals surface area contributed by atoms with Crippen molar-refractivity contribution in [1.29, 1.82) is 0 Å². The molecule has 8 heterocycles. The molecule has 1 saturated carbocycles. The molecule has 0 amide bonds. The number of aryl methyl sites for hydroxylation is 3. The van der Waals surface area contributed by atoms with Crippen LogP contribution in [-0.2, 0) is 48.7 Å². The second-order valence-electron chi connectivity index (χ2n) is 24.1. The van der Waals surface area contributed by atoms with E-state index in [1.54, 1.807) is 36.7 Å². The number of anilines is 2. The second-order valence-corrected chi connectivity index (χ2v) is 24.1. The van der Waals surface area contributed by atoms with Gasteiger partial charge in [-0.15, -0.1) is 0 Å². The SMILES string of the molecule is CCc1cc(CO)cc2nc(-c3cccnc3F)oc(=O)c12.CCc1cc(CO)cc2nc(-c3cccnc3N3CC[C@H](N(C)C)C3)oc(=O)c12.CCc1cc(CO)cc2nc(-c3cccnc3N3CC[C@H](N(C)C)C3)oc(=O)c12.CN(C)C1CCCC1.O=C(O)/C=C\C(=O)O. The number of halogens is 1. The second kappa shape index (κ2) is 33.7. The van der Waals surface area contributed by atoms with Crippen molar-refractivity contribution in [2.75, 3.05) is 78.3 Å². The summed E-state index contributed by atoms with van der Waals surface area (Å²) < 4.78 is 30.2. The average Bonchev–Trinajstić information content (AvgIpc) is 1.06. The normalized spacial score (nSPS) is 15.4. The summed E-state index contributed by atoms with van der Waals surface area (Å²) in [7, 11) is 12.7. The Morgan fingerprint density at radius 2 is 0.844 bits per heavy atom. The van der Waals surface area contributed by atoms with Crippen molar-refractivity contribution in [2.24, 2.45) is 0 Å². The van der Waals surface area contributed by atoms with Gasteiger partial charge in [0.2, 0.25) is 23.6 Å². The Kier molecular flexibility index (Phi) is 25.4. The first-order valence-corrected chi connectivity index (χ1v) is 32.0. The molecule has 0 spiro atoms. The molecule has 3 fully saturated rings. The molecule has 0 bridgehead atoms. The summed E-state index contributed by atoms with van der Waals surface area (Å²) in [6.07, 6.45) is 15.7. The van der Waals surface area contributed by atoms with Crippen molar-refractivity contribution >= 4 is 56.3 Å². The summed E-state index contributed by atoms with van der Waals surface area (Å²) in [5, 5.41) is 45.4. The van der Waals surface area contributed by atoms with E-state index in [0.29, 0.717) is 92.9 Å². The van der Waals surface area contributed by atoms with Gasteiger partial charge in [0.1, 0.15) is 11.6 Å². The molecule has 24 nitrogen and oxygen atoms in total. The molecule has 2 aliphatic heterocycles. The number of carboxylic acid groups (broad SMARTS) is 2. The van der Waals surface area contributed by atoms with Crippen LogP contribution in [0.4, 0.5) is 16.0 Å². The molecular weight excluding hydrogens is 1230 g/mol. The molecule has 1 aliphatic carbocycles. The molecule has 508 valence electrons. The van der Waals surface area contributed by atoms with Crippen LogP contribution in [0.25, 0.3) is 67.1 Å². The first-order chi connectivity index (χ1) is 46.1. The van der Waals surface area contributed by atoms with Crippen molar-refractivity contribution in [3.8, 4) is 34.4 Å². The molecule has 96 heavy (non-hydrogen) atoms.